The highest BCUT2D eigenvalue weighted by Gasteiger charge is 2.42. The number of carbonyl (C=O) groups excluding carboxylic acids is 1. The smallest absolute Gasteiger partial charge is 0.282 e. The SMILES string of the molecule is CS(=O)(=O)N1CCC(C2N=C(N)N(C(=O)c3c(F)cccc3F)N2N)CC1. The molecule has 1 atom stereocenters. The van der Waals surface area contributed by atoms with Crippen molar-refractivity contribution in [3.8, 4) is 0 Å². The summed E-state index contributed by atoms with van der Waals surface area (Å²) >= 11 is 0. The molecule has 0 aromatic heterocycles. The molecule has 3 rings (SSSR count). The molecule has 9 nitrogen and oxygen atoms in total. The summed E-state index contributed by atoms with van der Waals surface area (Å²) in [7, 11) is -3.29. The fourth-order valence-electron chi connectivity index (χ4n) is 3.33. The van der Waals surface area contributed by atoms with Gasteiger partial charge in [0.25, 0.3) is 5.91 Å². The van der Waals surface area contributed by atoms with E-state index >= 15 is 0 Å². The van der Waals surface area contributed by atoms with E-state index in [1.807, 2.05) is 0 Å². The van der Waals surface area contributed by atoms with Crippen molar-refractivity contribution in [1.82, 2.24) is 14.4 Å². The van der Waals surface area contributed by atoms with Crippen LogP contribution in [0.2, 0.25) is 0 Å². The summed E-state index contributed by atoms with van der Waals surface area (Å²) in [6, 6.07) is 3.05. The first-order valence-electron chi connectivity index (χ1n) is 8.22. The van der Waals surface area contributed by atoms with Crippen LogP contribution < -0.4 is 11.6 Å². The number of carbonyl (C=O) groups is 1. The van der Waals surface area contributed by atoms with Crippen LogP contribution in [0.3, 0.4) is 0 Å². The Hall–Kier alpha value is -2.15. The monoisotopic (exact) mass is 402 g/mol. The molecule has 2 aliphatic heterocycles. The number of piperidine rings is 1. The Bertz CT molecular complexity index is 865. The largest absolute Gasteiger partial charge is 0.368 e. The van der Waals surface area contributed by atoms with Crippen molar-refractivity contribution in [2.45, 2.75) is 19.0 Å². The Morgan fingerprint density at radius 2 is 1.78 bits per heavy atom. The van der Waals surface area contributed by atoms with Gasteiger partial charge in [-0.25, -0.2) is 32.3 Å². The second-order valence-corrected chi connectivity index (χ2v) is 8.48. The Morgan fingerprint density at radius 1 is 1.22 bits per heavy atom. The molecule has 1 unspecified atom stereocenters. The molecule has 27 heavy (non-hydrogen) atoms. The van der Waals surface area contributed by atoms with Gasteiger partial charge in [0, 0.05) is 19.0 Å². The lowest BCUT2D eigenvalue weighted by atomic mass is 9.95. The van der Waals surface area contributed by atoms with Gasteiger partial charge < -0.3 is 5.73 Å². The molecule has 2 heterocycles. The van der Waals surface area contributed by atoms with Gasteiger partial charge in [-0.05, 0) is 25.0 Å². The molecule has 0 aliphatic carbocycles. The average Bonchev–Trinajstić information content (AvgIpc) is 2.88. The van der Waals surface area contributed by atoms with Crippen molar-refractivity contribution in [2.24, 2.45) is 22.5 Å². The lowest BCUT2D eigenvalue weighted by molar-refractivity contribution is -0.00208. The molecule has 4 N–H and O–H groups in total. The summed E-state index contributed by atoms with van der Waals surface area (Å²) in [4.78, 5) is 16.8. The second kappa shape index (κ2) is 7.11. The van der Waals surface area contributed by atoms with Gasteiger partial charge in [0.2, 0.25) is 16.0 Å². The van der Waals surface area contributed by atoms with Gasteiger partial charge in [0.05, 0.1) is 6.26 Å². The van der Waals surface area contributed by atoms with Crippen molar-refractivity contribution in [3.63, 3.8) is 0 Å². The molecule has 2 aliphatic rings. The summed E-state index contributed by atoms with van der Waals surface area (Å²) in [6.07, 6.45) is 1.32. The maximum Gasteiger partial charge on any atom is 0.282 e. The van der Waals surface area contributed by atoms with Crippen molar-refractivity contribution in [2.75, 3.05) is 19.3 Å². The van der Waals surface area contributed by atoms with E-state index in [-0.39, 0.29) is 11.9 Å². The van der Waals surface area contributed by atoms with Gasteiger partial charge >= 0.3 is 0 Å². The zero-order chi connectivity index (χ0) is 19.9. The van der Waals surface area contributed by atoms with Gasteiger partial charge in [-0.15, -0.1) is 5.12 Å². The first-order valence-corrected chi connectivity index (χ1v) is 10.1. The molecular formula is C15H20F2N6O3S. The van der Waals surface area contributed by atoms with E-state index in [0.29, 0.717) is 25.9 Å². The molecule has 148 valence electrons. The maximum absolute atomic E-state index is 13.9. The first kappa shape index (κ1) is 19.6. The molecule has 0 spiro atoms. The number of guanidine groups is 1. The summed E-state index contributed by atoms with van der Waals surface area (Å²) in [6.45, 7) is 0.582. The molecule has 1 fully saturated rings. The van der Waals surface area contributed by atoms with E-state index in [0.717, 1.165) is 34.6 Å². The third kappa shape index (κ3) is 3.65. The topological polar surface area (TPSA) is 125 Å². The van der Waals surface area contributed by atoms with Crippen LogP contribution in [0.15, 0.2) is 23.2 Å². The number of hydrogen-bond acceptors (Lipinski definition) is 7. The van der Waals surface area contributed by atoms with E-state index in [9.17, 15) is 22.0 Å². The average molecular weight is 402 g/mol. The molecule has 1 aromatic rings. The number of nitrogens with two attached hydrogens (primary N) is 2. The number of halogens is 2. The Kier molecular flexibility index (Phi) is 5.16. The number of benzene rings is 1. The van der Waals surface area contributed by atoms with Gasteiger partial charge in [-0.1, -0.05) is 6.07 Å². The van der Waals surface area contributed by atoms with E-state index in [1.54, 1.807) is 0 Å². The number of hydrogen-bond donors (Lipinski definition) is 2. The fraction of sp³-hybridized carbons (Fsp3) is 0.467. The zero-order valence-corrected chi connectivity index (χ0v) is 15.4. The fourth-order valence-corrected chi connectivity index (χ4v) is 4.20. The predicted molar refractivity (Wildman–Crippen MR) is 93.1 cm³/mol. The standard InChI is InChI=1S/C15H20F2N6O3S/c1-27(25,26)21-7-5-9(6-8-21)13-20-15(18)22(23(13)19)14(24)12-10(16)3-2-4-11(12)17/h2-4,9,13H,5-8,19H2,1H3,(H2,18,20). The van der Waals surface area contributed by atoms with Crippen LogP contribution in [0.4, 0.5) is 8.78 Å². The van der Waals surface area contributed by atoms with Crippen LogP contribution in [0.25, 0.3) is 0 Å². The maximum atomic E-state index is 13.9. The minimum atomic E-state index is -3.29. The van der Waals surface area contributed by atoms with Crippen LogP contribution in [-0.4, -0.2) is 60.2 Å². The van der Waals surface area contributed by atoms with Gasteiger partial charge in [-0.2, -0.15) is 5.01 Å². The van der Waals surface area contributed by atoms with Gasteiger partial charge in [0.1, 0.15) is 23.4 Å². The van der Waals surface area contributed by atoms with Gasteiger partial charge in [-0.3, -0.25) is 4.79 Å². The van der Waals surface area contributed by atoms with Crippen LogP contribution in [0, 0.1) is 17.6 Å². The van der Waals surface area contributed by atoms with Crippen molar-refractivity contribution in [3.05, 3.63) is 35.4 Å². The Labute approximate surface area is 155 Å². The van der Waals surface area contributed by atoms with E-state index in [2.05, 4.69) is 4.99 Å². The van der Waals surface area contributed by atoms with E-state index in [1.165, 1.54) is 4.31 Å². The molecule has 1 saturated heterocycles. The number of rotatable bonds is 3. The van der Waals surface area contributed by atoms with Crippen LogP contribution in [0.5, 0.6) is 0 Å². The number of amides is 1. The molecule has 1 aromatic carbocycles. The molecule has 0 radical (unpaired) electrons. The van der Waals surface area contributed by atoms with Crippen LogP contribution in [0.1, 0.15) is 23.2 Å². The molecular weight excluding hydrogens is 382 g/mol. The second-order valence-electron chi connectivity index (χ2n) is 6.49. The summed E-state index contributed by atoms with van der Waals surface area (Å²) in [5, 5.41) is 1.68. The number of sulfonamides is 1. The zero-order valence-electron chi connectivity index (χ0n) is 14.5. The first-order chi connectivity index (χ1) is 12.6. The lowest BCUT2D eigenvalue weighted by Gasteiger charge is -2.35. The molecule has 1 amide bonds. The number of aliphatic imine (C=N–C) groups is 1. The highest BCUT2D eigenvalue weighted by atomic mass is 32.2. The Balaban J connectivity index is 1.77. The van der Waals surface area contributed by atoms with Crippen LogP contribution >= 0.6 is 0 Å². The predicted octanol–water partition coefficient (Wildman–Crippen LogP) is -0.176. The normalized spacial score (nSPS) is 22.9. The minimum Gasteiger partial charge on any atom is -0.368 e. The minimum absolute atomic E-state index is 0.171. The molecule has 0 saturated carbocycles. The lowest BCUT2D eigenvalue weighted by Crippen LogP contribution is -2.56. The summed E-state index contributed by atoms with van der Waals surface area (Å²) in [5.41, 5.74) is 5.00. The van der Waals surface area contributed by atoms with Crippen molar-refractivity contribution in [1.29, 1.82) is 0 Å². The van der Waals surface area contributed by atoms with Crippen molar-refractivity contribution < 1.29 is 22.0 Å². The number of nitrogens with zero attached hydrogens (tertiary/aromatic N) is 4. The molecule has 12 heteroatoms. The summed E-state index contributed by atoms with van der Waals surface area (Å²) < 4.78 is 52.4. The van der Waals surface area contributed by atoms with Crippen LogP contribution in [-0.2, 0) is 10.0 Å². The van der Waals surface area contributed by atoms with E-state index in [4.69, 9.17) is 11.6 Å². The highest BCUT2D eigenvalue weighted by molar-refractivity contribution is 7.88. The third-order valence-electron chi connectivity index (χ3n) is 4.74. The highest BCUT2D eigenvalue weighted by Crippen LogP contribution is 2.29. The van der Waals surface area contributed by atoms with Gasteiger partial charge in [0.15, 0.2) is 0 Å². The van der Waals surface area contributed by atoms with Crippen molar-refractivity contribution >= 4 is 21.9 Å². The number of hydrazine groups is 2. The molecule has 0 bridgehead atoms. The Morgan fingerprint density at radius 3 is 2.30 bits per heavy atom. The van der Waals surface area contributed by atoms with E-state index < -0.39 is 39.3 Å². The third-order valence-corrected chi connectivity index (χ3v) is 6.04. The summed E-state index contributed by atoms with van der Waals surface area (Å²) in [5.74, 6) is 2.39. The quantitative estimate of drug-likeness (QED) is 0.676.